The molecule has 0 aliphatic carbocycles. The molecule has 172 valence electrons. The number of rotatable bonds is 5. The molecular formula is C23H22FN9S. The first-order valence-corrected chi connectivity index (χ1v) is 10.8. The number of guanidine groups is 1. The van der Waals surface area contributed by atoms with Gasteiger partial charge in [-0.15, -0.1) is 0 Å². The van der Waals surface area contributed by atoms with Gasteiger partial charge in [0.1, 0.15) is 18.5 Å². The molecule has 11 heteroatoms. The second-order valence-corrected chi connectivity index (χ2v) is 7.80. The third kappa shape index (κ3) is 6.62. The fourth-order valence-corrected chi connectivity index (χ4v) is 3.30. The summed E-state index contributed by atoms with van der Waals surface area (Å²) < 4.78 is 14.9. The van der Waals surface area contributed by atoms with Crippen LogP contribution in [0.1, 0.15) is 17.0 Å². The zero-order chi connectivity index (χ0) is 23.9. The zero-order valence-electron chi connectivity index (χ0n) is 18.5. The lowest BCUT2D eigenvalue weighted by Gasteiger charge is -2.13. The number of aryl methyl sites for hydroxylation is 2. The van der Waals surface area contributed by atoms with Crippen LogP contribution in [0.4, 0.5) is 21.7 Å². The third-order valence-electron chi connectivity index (χ3n) is 4.55. The Kier molecular flexibility index (Phi) is 7.13. The van der Waals surface area contributed by atoms with E-state index in [2.05, 4.69) is 41.0 Å². The number of nitrogens with zero attached hydrogens (tertiary/aromatic N) is 6. The highest BCUT2D eigenvalue weighted by Gasteiger charge is 2.08. The van der Waals surface area contributed by atoms with Gasteiger partial charge >= 0.3 is 0 Å². The van der Waals surface area contributed by atoms with Crippen molar-refractivity contribution >= 4 is 40.6 Å². The smallest absolute Gasteiger partial charge is 0.229 e. The predicted octanol–water partition coefficient (Wildman–Crippen LogP) is 4.15. The number of benzene rings is 2. The average Bonchev–Trinajstić information content (AvgIpc) is 3.29. The Bertz CT molecular complexity index is 1270. The summed E-state index contributed by atoms with van der Waals surface area (Å²) in [6.07, 6.45) is 3.17. The summed E-state index contributed by atoms with van der Waals surface area (Å²) in [5.41, 5.74) is 4.10. The quantitative estimate of drug-likeness (QED) is 0.225. The minimum absolute atomic E-state index is 0.175. The fourth-order valence-electron chi connectivity index (χ4n) is 3.09. The van der Waals surface area contributed by atoms with Crippen molar-refractivity contribution in [3.63, 3.8) is 0 Å². The first-order valence-electron chi connectivity index (χ1n) is 10.4. The van der Waals surface area contributed by atoms with Crippen molar-refractivity contribution in [1.82, 2.24) is 24.7 Å². The molecule has 2 aromatic heterocycles. The van der Waals surface area contributed by atoms with Crippen LogP contribution < -0.4 is 16.0 Å². The van der Waals surface area contributed by atoms with Gasteiger partial charge in [0.15, 0.2) is 0 Å². The van der Waals surface area contributed by atoms with Gasteiger partial charge < -0.3 is 10.6 Å². The highest BCUT2D eigenvalue weighted by Crippen LogP contribution is 2.13. The minimum Gasteiger partial charge on any atom is -0.331 e. The van der Waals surface area contributed by atoms with Crippen molar-refractivity contribution in [2.45, 2.75) is 20.4 Å². The van der Waals surface area contributed by atoms with Crippen LogP contribution in [0.3, 0.4) is 0 Å². The molecular weight excluding hydrogens is 453 g/mol. The van der Waals surface area contributed by atoms with E-state index in [4.69, 9.17) is 12.2 Å². The Morgan fingerprint density at radius 2 is 1.59 bits per heavy atom. The third-order valence-corrected chi connectivity index (χ3v) is 4.74. The van der Waals surface area contributed by atoms with E-state index in [-0.39, 0.29) is 10.9 Å². The van der Waals surface area contributed by atoms with Crippen LogP contribution in [0.2, 0.25) is 0 Å². The highest BCUT2D eigenvalue weighted by atomic mass is 32.1. The lowest BCUT2D eigenvalue weighted by Crippen LogP contribution is -2.26. The second-order valence-electron chi connectivity index (χ2n) is 7.41. The van der Waals surface area contributed by atoms with Crippen molar-refractivity contribution in [2.24, 2.45) is 4.99 Å². The molecule has 3 N–H and O–H groups in total. The number of thiocarbonyl (C=S) groups is 1. The standard InChI is InChI=1S/C23H22FN9S/c1-15-11-16(2)28-21(27-15)31-22(32-23(34)30-20-9-5-18(24)6-10-20)29-19-7-3-17(4-8-19)12-33-14-25-13-26-33/h3-11,13-14H,12H2,1-2H3,(H3,27,28,29,30,31,32,34). The summed E-state index contributed by atoms with van der Waals surface area (Å²) in [6.45, 7) is 4.39. The van der Waals surface area contributed by atoms with E-state index >= 15 is 0 Å². The monoisotopic (exact) mass is 475 g/mol. The lowest BCUT2D eigenvalue weighted by molar-refractivity contribution is 0.628. The van der Waals surface area contributed by atoms with Gasteiger partial charge in [-0.25, -0.2) is 24.0 Å². The molecule has 0 radical (unpaired) electrons. The second kappa shape index (κ2) is 10.6. The van der Waals surface area contributed by atoms with Gasteiger partial charge in [0.2, 0.25) is 17.0 Å². The van der Waals surface area contributed by atoms with E-state index in [1.165, 1.54) is 18.5 Å². The summed E-state index contributed by atoms with van der Waals surface area (Å²) in [5, 5.41) is 13.6. The van der Waals surface area contributed by atoms with E-state index in [1.807, 2.05) is 44.2 Å². The summed E-state index contributed by atoms with van der Waals surface area (Å²) in [6, 6.07) is 15.5. The van der Waals surface area contributed by atoms with Crippen LogP contribution in [-0.4, -0.2) is 35.8 Å². The molecule has 0 bridgehead atoms. The summed E-state index contributed by atoms with van der Waals surface area (Å²) in [5.74, 6) is 0.382. The molecule has 0 aliphatic heterocycles. The van der Waals surface area contributed by atoms with E-state index in [0.717, 1.165) is 22.6 Å². The maximum atomic E-state index is 13.2. The molecule has 0 saturated carbocycles. The number of hydrogen-bond donors (Lipinski definition) is 3. The maximum absolute atomic E-state index is 13.2. The molecule has 0 spiro atoms. The van der Waals surface area contributed by atoms with Crippen molar-refractivity contribution in [3.8, 4) is 0 Å². The molecule has 0 aliphatic rings. The first kappa shape index (κ1) is 22.9. The Hall–Kier alpha value is -4.25. The Labute approximate surface area is 201 Å². The van der Waals surface area contributed by atoms with E-state index in [0.29, 0.717) is 24.1 Å². The summed E-state index contributed by atoms with van der Waals surface area (Å²) >= 11 is 5.39. The maximum Gasteiger partial charge on any atom is 0.229 e. The highest BCUT2D eigenvalue weighted by molar-refractivity contribution is 7.80. The molecule has 2 heterocycles. The van der Waals surface area contributed by atoms with E-state index in [9.17, 15) is 4.39 Å². The van der Waals surface area contributed by atoms with Gasteiger partial charge in [-0.05, 0) is 74.1 Å². The van der Waals surface area contributed by atoms with Crippen LogP contribution in [0.5, 0.6) is 0 Å². The lowest BCUT2D eigenvalue weighted by atomic mass is 10.2. The van der Waals surface area contributed by atoms with Gasteiger partial charge in [0.05, 0.1) is 6.54 Å². The van der Waals surface area contributed by atoms with Crippen molar-refractivity contribution < 1.29 is 4.39 Å². The van der Waals surface area contributed by atoms with Crippen molar-refractivity contribution in [2.75, 3.05) is 16.0 Å². The van der Waals surface area contributed by atoms with Crippen LogP contribution in [0.25, 0.3) is 0 Å². The van der Waals surface area contributed by atoms with Crippen LogP contribution in [0.15, 0.2) is 72.2 Å². The molecule has 0 atom stereocenters. The number of hydrogen-bond acceptors (Lipinski definition) is 5. The minimum atomic E-state index is -0.330. The number of aliphatic imine (C=N–C) groups is 1. The van der Waals surface area contributed by atoms with Gasteiger partial charge in [0, 0.05) is 22.8 Å². The van der Waals surface area contributed by atoms with Crippen LogP contribution in [0, 0.1) is 19.7 Å². The molecule has 9 nitrogen and oxygen atoms in total. The van der Waals surface area contributed by atoms with Crippen LogP contribution >= 0.6 is 12.2 Å². The largest absolute Gasteiger partial charge is 0.331 e. The fraction of sp³-hybridized carbons (Fsp3) is 0.130. The SMILES string of the molecule is Cc1cc(C)nc(N/C(=N/C(=S)Nc2ccc(F)cc2)Nc2ccc(Cn3cncn3)cc2)n1. The molecule has 34 heavy (non-hydrogen) atoms. The molecule has 4 rings (SSSR count). The number of halogens is 1. The molecule has 0 amide bonds. The Morgan fingerprint density at radius 1 is 0.941 bits per heavy atom. The topological polar surface area (TPSA) is 105 Å². The normalized spacial score (nSPS) is 11.2. The van der Waals surface area contributed by atoms with Crippen molar-refractivity contribution in [3.05, 3.63) is 90.0 Å². The summed E-state index contributed by atoms with van der Waals surface area (Å²) in [4.78, 5) is 17.2. The molecule has 4 aromatic rings. The zero-order valence-corrected chi connectivity index (χ0v) is 19.3. The average molecular weight is 476 g/mol. The predicted molar refractivity (Wildman–Crippen MR) is 134 cm³/mol. The summed E-state index contributed by atoms with van der Waals surface area (Å²) in [7, 11) is 0. The van der Waals surface area contributed by atoms with E-state index < -0.39 is 0 Å². The van der Waals surface area contributed by atoms with Gasteiger partial charge in [-0.2, -0.15) is 10.1 Å². The molecule has 0 saturated heterocycles. The molecule has 2 aromatic carbocycles. The van der Waals surface area contributed by atoms with Gasteiger partial charge in [0.25, 0.3) is 0 Å². The number of anilines is 3. The van der Waals surface area contributed by atoms with E-state index in [1.54, 1.807) is 23.1 Å². The van der Waals surface area contributed by atoms with Gasteiger partial charge in [-0.1, -0.05) is 12.1 Å². The Morgan fingerprint density at radius 3 is 2.24 bits per heavy atom. The van der Waals surface area contributed by atoms with Crippen molar-refractivity contribution in [1.29, 1.82) is 0 Å². The van der Waals surface area contributed by atoms with Gasteiger partial charge in [-0.3, -0.25) is 5.32 Å². The van der Waals surface area contributed by atoms with Crippen LogP contribution in [-0.2, 0) is 6.54 Å². The Balaban J connectivity index is 1.53. The first-order chi connectivity index (χ1) is 16.4. The molecule has 0 fully saturated rings. The number of nitrogens with one attached hydrogen (secondary N) is 3. The number of aromatic nitrogens is 5. The molecule has 0 unspecified atom stereocenters.